The molecule has 1 fully saturated rings. The first kappa shape index (κ1) is 24.0. The third-order valence-corrected chi connectivity index (χ3v) is 7.74. The summed E-state index contributed by atoms with van der Waals surface area (Å²) < 4.78 is 0. The maximum Gasteiger partial charge on any atom is 0.346 e. The van der Waals surface area contributed by atoms with Gasteiger partial charge in [0, 0.05) is 34.0 Å². The molecule has 2 aliphatic rings. The molecule has 2 atom stereocenters. The number of anilines is 2. The second kappa shape index (κ2) is 10.5. The summed E-state index contributed by atoms with van der Waals surface area (Å²) in [7, 11) is 0. The summed E-state index contributed by atoms with van der Waals surface area (Å²) in [6.45, 7) is 2.04. The number of rotatable bonds is 7. The van der Waals surface area contributed by atoms with E-state index in [4.69, 9.17) is 5.26 Å². The third-order valence-electron chi connectivity index (χ3n) is 6.96. The number of fused-ring (bicyclic) bond motifs is 3. The van der Waals surface area contributed by atoms with Gasteiger partial charge in [-0.3, -0.25) is 0 Å². The third kappa shape index (κ3) is 4.82. The van der Waals surface area contributed by atoms with Crippen molar-refractivity contribution < 1.29 is 9.90 Å². The molecule has 1 N–H and O–H groups in total. The van der Waals surface area contributed by atoms with Crippen LogP contribution >= 0.6 is 11.8 Å². The molecule has 0 aromatic heterocycles. The maximum atomic E-state index is 11.3. The van der Waals surface area contributed by atoms with E-state index in [1.165, 1.54) is 39.9 Å². The van der Waals surface area contributed by atoms with E-state index in [0.29, 0.717) is 12.0 Å². The summed E-state index contributed by atoms with van der Waals surface area (Å²) in [5.41, 5.74) is 6.45. The van der Waals surface area contributed by atoms with Crippen LogP contribution in [0.1, 0.15) is 54.4 Å². The molecule has 5 heteroatoms. The monoisotopic (exact) mass is 491 g/mol. The highest BCUT2D eigenvalue weighted by Crippen LogP contribution is 2.52. The molecule has 1 heterocycles. The number of carbonyl (C=O) groups is 1. The van der Waals surface area contributed by atoms with Crippen LogP contribution in [0.3, 0.4) is 0 Å². The standard InChI is InChI=1S/C31H27N2O2S/c1-2-36-26-15-10-22(11-16-26)7-6-21-8-13-25(14-9-21)33-29-5-3-4-27(29)28-19-23(12-17-30(28)33)18-24(20-32)31(34)35/h2,6-19,27,29H,3-5H2,1H3,(H,34,35)/b7-6?,24-18+. The van der Waals surface area contributed by atoms with E-state index in [9.17, 15) is 9.90 Å². The van der Waals surface area contributed by atoms with Gasteiger partial charge in [0.2, 0.25) is 0 Å². The summed E-state index contributed by atoms with van der Waals surface area (Å²) in [5, 5.41) is 18.4. The Labute approximate surface area is 216 Å². The van der Waals surface area contributed by atoms with Crippen LogP contribution in [0, 0.1) is 17.1 Å². The molecule has 1 radical (unpaired) electrons. The number of carboxylic acids is 1. The van der Waals surface area contributed by atoms with Gasteiger partial charge in [0.1, 0.15) is 11.6 Å². The van der Waals surface area contributed by atoms with E-state index >= 15 is 0 Å². The number of hydrogen-bond donors (Lipinski definition) is 1. The minimum absolute atomic E-state index is 0.245. The van der Waals surface area contributed by atoms with Crippen LogP contribution < -0.4 is 4.90 Å². The molecule has 0 amide bonds. The fraction of sp³-hybridized carbons (Fsp3) is 0.194. The van der Waals surface area contributed by atoms with Gasteiger partial charge in [-0.2, -0.15) is 5.26 Å². The van der Waals surface area contributed by atoms with Crippen molar-refractivity contribution in [1.82, 2.24) is 0 Å². The Hall–Kier alpha value is -3.75. The molecule has 1 saturated carbocycles. The van der Waals surface area contributed by atoms with E-state index in [2.05, 4.69) is 83.5 Å². The van der Waals surface area contributed by atoms with Gasteiger partial charge in [-0.1, -0.05) is 55.8 Å². The number of nitrogens with zero attached hydrogens (tertiary/aromatic N) is 2. The molecular formula is C31H27N2O2S. The van der Waals surface area contributed by atoms with Crippen molar-refractivity contribution in [2.24, 2.45) is 0 Å². The minimum Gasteiger partial charge on any atom is -0.477 e. The topological polar surface area (TPSA) is 64.3 Å². The fourth-order valence-electron chi connectivity index (χ4n) is 5.34. The van der Waals surface area contributed by atoms with Crippen LogP contribution in [-0.4, -0.2) is 17.1 Å². The van der Waals surface area contributed by atoms with Crippen molar-refractivity contribution in [1.29, 1.82) is 5.26 Å². The lowest BCUT2D eigenvalue weighted by molar-refractivity contribution is -0.132. The Kier molecular flexibility index (Phi) is 6.97. The molecule has 1 aliphatic carbocycles. The smallest absolute Gasteiger partial charge is 0.346 e. The highest BCUT2D eigenvalue weighted by atomic mass is 32.2. The van der Waals surface area contributed by atoms with E-state index in [-0.39, 0.29) is 5.57 Å². The van der Waals surface area contributed by atoms with Gasteiger partial charge in [0.15, 0.2) is 0 Å². The summed E-state index contributed by atoms with van der Waals surface area (Å²) in [6.07, 6.45) is 9.18. The molecule has 3 aromatic rings. The Morgan fingerprint density at radius 2 is 1.67 bits per heavy atom. The van der Waals surface area contributed by atoms with Crippen molar-refractivity contribution in [2.75, 3.05) is 4.90 Å². The first-order valence-electron chi connectivity index (χ1n) is 12.2. The van der Waals surface area contributed by atoms with Gasteiger partial charge in [0.25, 0.3) is 0 Å². The second-order valence-corrected chi connectivity index (χ2v) is 10.3. The van der Waals surface area contributed by atoms with Gasteiger partial charge >= 0.3 is 5.97 Å². The van der Waals surface area contributed by atoms with Crippen LogP contribution in [0.25, 0.3) is 18.2 Å². The van der Waals surface area contributed by atoms with E-state index in [0.717, 1.165) is 24.0 Å². The number of thioether (sulfide) groups is 1. The Bertz CT molecular complexity index is 1370. The molecule has 36 heavy (non-hydrogen) atoms. The van der Waals surface area contributed by atoms with Crippen molar-refractivity contribution in [3.05, 3.63) is 100 Å². The number of hydrogen-bond acceptors (Lipinski definition) is 4. The van der Waals surface area contributed by atoms with Crippen LogP contribution in [-0.2, 0) is 4.79 Å². The maximum absolute atomic E-state index is 11.3. The lowest BCUT2D eigenvalue weighted by atomic mass is 9.95. The lowest BCUT2D eigenvalue weighted by Gasteiger charge is -2.27. The number of aliphatic carboxylic acids is 1. The predicted octanol–water partition coefficient (Wildman–Crippen LogP) is 7.91. The van der Waals surface area contributed by atoms with Crippen molar-refractivity contribution in [2.45, 2.75) is 43.0 Å². The normalized spacial score (nSPS) is 18.8. The zero-order chi connectivity index (χ0) is 25.1. The molecule has 2 unspecified atom stereocenters. The average Bonchev–Trinajstić information content (AvgIpc) is 3.48. The van der Waals surface area contributed by atoms with Gasteiger partial charge in [-0.25, -0.2) is 4.79 Å². The second-order valence-electron chi connectivity index (χ2n) is 9.12. The average molecular weight is 492 g/mol. The molecule has 0 spiro atoms. The van der Waals surface area contributed by atoms with Gasteiger partial charge in [0.05, 0.1) is 0 Å². The SMILES string of the molecule is C[CH]Sc1ccc(C=Cc2ccc(N3c4ccc(/C=C(\C#N)C(=O)O)cc4C4CCCC43)cc2)cc1. The van der Waals surface area contributed by atoms with Gasteiger partial charge < -0.3 is 10.0 Å². The predicted molar refractivity (Wildman–Crippen MR) is 148 cm³/mol. The highest BCUT2D eigenvalue weighted by Gasteiger charge is 2.42. The number of carboxylic acid groups (broad SMARTS) is 1. The zero-order valence-corrected chi connectivity index (χ0v) is 20.9. The molecule has 1 aliphatic heterocycles. The quantitative estimate of drug-likeness (QED) is 0.157. The summed E-state index contributed by atoms with van der Waals surface area (Å²) in [5.74, 6) is 1.31. The van der Waals surface area contributed by atoms with E-state index in [1.807, 2.05) is 13.0 Å². The molecule has 4 nitrogen and oxygen atoms in total. The molecular weight excluding hydrogens is 464 g/mol. The van der Waals surface area contributed by atoms with Crippen LogP contribution in [0.4, 0.5) is 11.4 Å². The van der Waals surface area contributed by atoms with Crippen LogP contribution in [0.15, 0.2) is 77.2 Å². The fourth-order valence-corrected chi connectivity index (χ4v) is 5.91. The highest BCUT2D eigenvalue weighted by molar-refractivity contribution is 8.01. The van der Waals surface area contributed by atoms with Crippen molar-refractivity contribution in [3.8, 4) is 6.07 Å². The number of benzene rings is 3. The van der Waals surface area contributed by atoms with Crippen molar-refractivity contribution in [3.63, 3.8) is 0 Å². The van der Waals surface area contributed by atoms with Crippen LogP contribution in [0.2, 0.25) is 0 Å². The summed E-state index contributed by atoms with van der Waals surface area (Å²) >= 11 is 1.73. The molecule has 179 valence electrons. The van der Waals surface area contributed by atoms with E-state index < -0.39 is 5.97 Å². The molecule has 0 saturated heterocycles. The first-order valence-corrected chi connectivity index (χ1v) is 13.1. The molecule has 0 bridgehead atoms. The number of nitriles is 1. The zero-order valence-electron chi connectivity index (χ0n) is 20.1. The Balaban J connectivity index is 1.38. The largest absolute Gasteiger partial charge is 0.477 e. The summed E-state index contributed by atoms with van der Waals surface area (Å²) in [6, 6.07) is 25.5. The van der Waals surface area contributed by atoms with Gasteiger partial charge in [-0.05, 0) is 77.6 Å². The molecule has 3 aromatic carbocycles. The Morgan fingerprint density at radius 3 is 2.31 bits per heavy atom. The summed E-state index contributed by atoms with van der Waals surface area (Å²) in [4.78, 5) is 15.0. The van der Waals surface area contributed by atoms with Gasteiger partial charge in [-0.15, -0.1) is 11.8 Å². The minimum atomic E-state index is -1.20. The molecule has 5 rings (SSSR count). The first-order chi connectivity index (χ1) is 17.6. The lowest BCUT2D eigenvalue weighted by Crippen LogP contribution is -2.26. The van der Waals surface area contributed by atoms with E-state index in [1.54, 1.807) is 17.8 Å². The van der Waals surface area contributed by atoms with Crippen LogP contribution in [0.5, 0.6) is 0 Å². The van der Waals surface area contributed by atoms with Crippen molar-refractivity contribution >= 4 is 47.3 Å². The Morgan fingerprint density at radius 1 is 1.00 bits per heavy atom.